The molecular formula is C8H13N3O2S2. The van der Waals surface area contributed by atoms with Crippen molar-refractivity contribution in [2.75, 3.05) is 19.3 Å². The van der Waals surface area contributed by atoms with Gasteiger partial charge in [-0.2, -0.15) is 0 Å². The number of hydrogen-bond donors (Lipinski definition) is 2. The van der Waals surface area contributed by atoms with E-state index in [4.69, 9.17) is 0 Å². The molecule has 0 aliphatic carbocycles. The van der Waals surface area contributed by atoms with E-state index in [9.17, 15) is 9.59 Å². The van der Waals surface area contributed by atoms with E-state index in [2.05, 4.69) is 15.6 Å². The lowest BCUT2D eigenvalue weighted by Gasteiger charge is -2.09. The number of rotatable bonds is 2. The molecule has 1 aliphatic rings. The summed E-state index contributed by atoms with van der Waals surface area (Å²) in [5.41, 5.74) is 0. The van der Waals surface area contributed by atoms with Gasteiger partial charge in [-0.25, -0.2) is 4.79 Å². The molecule has 3 amide bonds. The Morgan fingerprint density at radius 3 is 2.87 bits per heavy atom. The lowest BCUT2D eigenvalue weighted by Crippen LogP contribution is -2.41. The largest absolute Gasteiger partial charge is 0.341 e. The van der Waals surface area contributed by atoms with E-state index in [-0.39, 0.29) is 11.2 Å². The average Bonchev–Trinajstić information content (AvgIpc) is 2.70. The highest BCUT2D eigenvalue weighted by Gasteiger charge is 2.19. The lowest BCUT2D eigenvalue weighted by atomic mass is 10.4. The second-order valence-electron chi connectivity index (χ2n) is 2.82. The summed E-state index contributed by atoms with van der Waals surface area (Å²) in [5.74, 6) is 0.682. The topological polar surface area (TPSA) is 70.6 Å². The molecule has 1 atom stereocenters. The summed E-state index contributed by atoms with van der Waals surface area (Å²) in [7, 11) is 1.47. The fraction of sp³-hybridized carbons (Fsp3) is 0.625. The van der Waals surface area contributed by atoms with Crippen LogP contribution in [0.4, 0.5) is 4.79 Å². The third-order valence-electron chi connectivity index (χ3n) is 1.67. The highest BCUT2D eigenvalue weighted by atomic mass is 32.2. The fourth-order valence-corrected chi connectivity index (χ4v) is 3.00. The van der Waals surface area contributed by atoms with Gasteiger partial charge in [0.25, 0.3) is 0 Å². The quantitative estimate of drug-likeness (QED) is 0.752. The van der Waals surface area contributed by atoms with Crippen molar-refractivity contribution in [1.29, 1.82) is 0 Å². The zero-order valence-electron chi connectivity index (χ0n) is 8.57. The molecule has 5 nitrogen and oxygen atoms in total. The van der Waals surface area contributed by atoms with Gasteiger partial charge in [0.05, 0.1) is 11.8 Å². The van der Waals surface area contributed by atoms with Crippen LogP contribution >= 0.6 is 23.5 Å². The maximum Gasteiger partial charge on any atom is 0.321 e. The summed E-state index contributed by atoms with van der Waals surface area (Å²) >= 11 is 3.03. The molecule has 0 aromatic carbocycles. The van der Waals surface area contributed by atoms with Crippen molar-refractivity contribution in [3.8, 4) is 0 Å². The third kappa shape index (κ3) is 4.13. The molecule has 0 bridgehead atoms. The molecule has 2 N–H and O–H groups in total. The van der Waals surface area contributed by atoms with Crippen LogP contribution in [0.5, 0.6) is 0 Å². The van der Waals surface area contributed by atoms with Crippen molar-refractivity contribution in [2.45, 2.75) is 12.2 Å². The number of thioether (sulfide) groups is 2. The summed E-state index contributed by atoms with van der Waals surface area (Å²) in [6.45, 7) is 2.57. The highest BCUT2D eigenvalue weighted by Crippen LogP contribution is 2.25. The number of nitrogens with zero attached hydrogens (tertiary/aromatic N) is 1. The Balaban J connectivity index is 2.35. The molecule has 7 heteroatoms. The van der Waals surface area contributed by atoms with Crippen LogP contribution in [0.2, 0.25) is 0 Å². The molecule has 15 heavy (non-hydrogen) atoms. The molecule has 1 rings (SSSR count). The maximum atomic E-state index is 11.4. The van der Waals surface area contributed by atoms with Gasteiger partial charge in [0.1, 0.15) is 4.38 Å². The van der Waals surface area contributed by atoms with Crippen LogP contribution in [0.3, 0.4) is 0 Å². The van der Waals surface area contributed by atoms with Gasteiger partial charge in [0.15, 0.2) is 0 Å². The van der Waals surface area contributed by atoms with Crippen molar-refractivity contribution in [3.05, 3.63) is 0 Å². The lowest BCUT2D eigenvalue weighted by molar-refractivity contribution is -0.119. The molecule has 84 valence electrons. The van der Waals surface area contributed by atoms with Crippen molar-refractivity contribution < 1.29 is 9.59 Å². The van der Waals surface area contributed by atoms with Crippen LogP contribution in [0.25, 0.3) is 0 Å². The number of carbonyl (C=O) groups is 2. The molecule has 0 aromatic heterocycles. The number of urea groups is 1. The summed E-state index contributed by atoms with van der Waals surface area (Å²) in [6, 6.07) is -0.478. The van der Waals surface area contributed by atoms with Gasteiger partial charge in [0, 0.05) is 12.8 Å². The van der Waals surface area contributed by atoms with Gasteiger partial charge in [-0.1, -0.05) is 23.5 Å². The minimum atomic E-state index is -0.478. The highest BCUT2D eigenvalue weighted by molar-refractivity contribution is 8.39. The van der Waals surface area contributed by atoms with Crippen LogP contribution in [0, 0.1) is 0 Å². The van der Waals surface area contributed by atoms with E-state index in [0.717, 1.165) is 16.7 Å². The SMILES string of the molecule is CNC(=O)NC(=O)C(C)SC1=NCCS1. The van der Waals surface area contributed by atoms with Crippen molar-refractivity contribution >= 4 is 39.8 Å². The smallest absolute Gasteiger partial charge is 0.321 e. The summed E-state index contributed by atoms with van der Waals surface area (Å²) in [5, 5.41) is 4.26. The molecule has 0 fully saturated rings. The normalized spacial score (nSPS) is 16.8. The van der Waals surface area contributed by atoms with Gasteiger partial charge in [0.2, 0.25) is 5.91 Å². The molecular weight excluding hydrogens is 234 g/mol. The first-order valence-electron chi connectivity index (χ1n) is 4.50. The zero-order chi connectivity index (χ0) is 11.3. The number of aliphatic imine (C=N–C) groups is 1. The van der Waals surface area contributed by atoms with Crippen LogP contribution in [-0.4, -0.2) is 40.9 Å². The van der Waals surface area contributed by atoms with Gasteiger partial charge in [-0.05, 0) is 6.92 Å². The predicted octanol–water partition coefficient (Wildman–Crippen LogP) is 0.666. The molecule has 0 saturated heterocycles. The molecule has 0 saturated carbocycles. The molecule has 1 heterocycles. The Labute approximate surface area is 96.9 Å². The van der Waals surface area contributed by atoms with E-state index in [1.54, 1.807) is 18.7 Å². The first-order chi connectivity index (χ1) is 7.13. The fourth-order valence-electron chi connectivity index (χ4n) is 0.868. The maximum absolute atomic E-state index is 11.4. The van der Waals surface area contributed by atoms with Gasteiger partial charge < -0.3 is 5.32 Å². The predicted molar refractivity (Wildman–Crippen MR) is 64.4 cm³/mol. The summed E-state index contributed by atoms with van der Waals surface area (Å²) in [4.78, 5) is 26.5. The number of amides is 3. The molecule has 0 radical (unpaired) electrons. The van der Waals surface area contributed by atoms with Crippen LogP contribution < -0.4 is 10.6 Å². The number of imide groups is 1. The van der Waals surface area contributed by atoms with E-state index in [1.165, 1.54) is 18.8 Å². The van der Waals surface area contributed by atoms with Gasteiger partial charge in [-0.3, -0.25) is 15.1 Å². The first-order valence-corrected chi connectivity index (χ1v) is 6.36. The van der Waals surface area contributed by atoms with E-state index < -0.39 is 6.03 Å². The first kappa shape index (κ1) is 12.4. The zero-order valence-corrected chi connectivity index (χ0v) is 10.2. The van der Waals surface area contributed by atoms with E-state index >= 15 is 0 Å². The van der Waals surface area contributed by atoms with Crippen molar-refractivity contribution in [3.63, 3.8) is 0 Å². The van der Waals surface area contributed by atoms with Gasteiger partial charge in [-0.15, -0.1) is 0 Å². The Kier molecular flexibility index (Phi) is 4.97. The van der Waals surface area contributed by atoms with E-state index in [0.29, 0.717) is 0 Å². The molecule has 1 unspecified atom stereocenters. The van der Waals surface area contributed by atoms with Crippen LogP contribution in [0.1, 0.15) is 6.92 Å². The van der Waals surface area contributed by atoms with Crippen molar-refractivity contribution in [1.82, 2.24) is 10.6 Å². The number of carbonyl (C=O) groups excluding carboxylic acids is 2. The number of hydrogen-bond acceptors (Lipinski definition) is 5. The Morgan fingerprint density at radius 1 is 1.60 bits per heavy atom. The van der Waals surface area contributed by atoms with E-state index in [1.807, 2.05) is 0 Å². The molecule has 0 spiro atoms. The Morgan fingerprint density at radius 2 is 2.33 bits per heavy atom. The minimum absolute atomic E-state index is 0.297. The van der Waals surface area contributed by atoms with Crippen LogP contribution in [-0.2, 0) is 4.79 Å². The second-order valence-corrected chi connectivity index (χ2v) is 5.50. The average molecular weight is 247 g/mol. The molecule has 1 aliphatic heterocycles. The van der Waals surface area contributed by atoms with Crippen molar-refractivity contribution in [2.24, 2.45) is 4.99 Å². The monoisotopic (exact) mass is 247 g/mol. The van der Waals surface area contributed by atoms with Crippen LogP contribution in [0.15, 0.2) is 4.99 Å². The summed E-state index contributed by atoms with van der Waals surface area (Å²) < 4.78 is 0.926. The molecule has 0 aromatic rings. The Hall–Kier alpha value is -0.690. The minimum Gasteiger partial charge on any atom is -0.341 e. The van der Waals surface area contributed by atoms with Gasteiger partial charge >= 0.3 is 6.03 Å². The second kappa shape index (κ2) is 6.02. The number of nitrogens with one attached hydrogen (secondary N) is 2. The standard InChI is InChI=1S/C8H13N3O2S2/c1-5(6(12)11-7(13)9-2)15-8-10-3-4-14-8/h5H,3-4H2,1-2H3,(H2,9,11,12,13). The Bertz CT molecular complexity index is 294. The summed E-state index contributed by atoms with van der Waals surface area (Å²) in [6.07, 6.45) is 0. The third-order valence-corrected chi connectivity index (χ3v) is 3.97.